The van der Waals surface area contributed by atoms with Crippen LogP contribution >= 0.6 is 0 Å². The van der Waals surface area contributed by atoms with Gasteiger partial charge in [-0.2, -0.15) is 0 Å². The first-order valence-corrected chi connectivity index (χ1v) is 11.1. The van der Waals surface area contributed by atoms with E-state index in [2.05, 4.69) is 18.6 Å². The van der Waals surface area contributed by atoms with Gasteiger partial charge in [-0.25, -0.2) is 8.42 Å². The molecule has 6 heteroatoms. The topological polar surface area (TPSA) is 66.5 Å². The molecule has 0 fully saturated rings. The van der Waals surface area contributed by atoms with Gasteiger partial charge in [-0.1, -0.05) is 19.9 Å². The molecule has 0 aromatic heterocycles. The summed E-state index contributed by atoms with van der Waals surface area (Å²) in [6, 6.07) is 9.04. The molecular weight excluding hydrogens is 372 g/mol. The lowest BCUT2D eigenvalue weighted by molar-refractivity contribution is -0.119. The summed E-state index contributed by atoms with van der Waals surface area (Å²) in [6.45, 7) is 10.5. The molecule has 5 nitrogen and oxygen atoms in total. The van der Waals surface area contributed by atoms with Crippen molar-refractivity contribution in [3.8, 4) is 0 Å². The lowest BCUT2D eigenvalue weighted by Crippen LogP contribution is -2.37. The Balaban J connectivity index is 1.92. The standard InChI is InChI=1S/C22H28N2O3S/c1-14(2)13-24-20-8-7-19(12-18(20)6-9-22(24)25)23-28(26,27)21-11-16(4)15(3)10-17(21)5/h7-8,10-12,14,23H,6,9,13H2,1-5H3. The highest BCUT2D eigenvalue weighted by molar-refractivity contribution is 7.92. The van der Waals surface area contributed by atoms with Crippen molar-refractivity contribution in [2.45, 2.75) is 52.4 Å². The van der Waals surface area contributed by atoms with E-state index < -0.39 is 10.0 Å². The second kappa shape index (κ2) is 7.59. The summed E-state index contributed by atoms with van der Waals surface area (Å²) in [5.74, 6) is 0.487. The van der Waals surface area contributed by atoms with Crippen LogP contribution in [0, 0.1) is 26.7 Å². The lowest BCUT2D eigenvalue weighted by Gasteiger charge is -2.31. The van der Waals surface area contributed by atoms with Gasteiger partial charge in [-0.05, 0) is 79.6 Å². The maximum absolute atomic E-state index is 12.9. The number of fused-ring (bicyclic) bond motifs is 1. The Morgan fingerprint density at radius 1 is 1.00 bits per heavy atom. The Morgan fingerprint density at radius 2 is 1.68 bits per heavy atom. The molecule has 150 valence electrons. The second-order valence-electron chi connectivity index (χ2n) is 8.05. The average Bonchev–Trinajstić information content (AvgIpc) is 2.60. The minimum absolute atomic E-state index is 0.125. The number of nitrogens with zero attached hydrogens (tertiary/aromatic N) is 1. The monoisotopic (exact) mass is 400 g/mol. The average molecular weight is 401 g/mol. The first-order valence-electron chi connectivity index (χ1n) is 9.62. The van der Waals surface area contributed by atoms with Gasteiger partial charge in [-0.3, -0.25) is 9.52 Å². The zero-order chi connectivity index (χ0) is 20.6. The Bertz CT molecular complexity index is 1030. The van der Waals surface area contributed by atoms with E-state index in [0.717, 1.165) is 27.9 Å². The first kappa shape index (κ1) is 20.4. The Morgan fingerprint density at radius 3 is 2.36 bits per heavy atom. The predicted molar refractivity (Wildman–Crippen MR) is 113 cm³/mol. The molecule has 2 aromatic carbocycles. The molecule has 0 bridgehead atoms. The highest BCUT2D eigenvalue weighted by Crippen LogP contribution is 2.32. The van der Waals surface area contributed by atoms with Crippen molar-refractivity contribution in [1.29, 1.82) is 0 Å². The van der Waals surface area contributed by atoms with Gasteiger partial charge in [0.15, 0.2) is 0 Å². The number of hydrogen-bond acceptors (Lipinski definition) is 3. The summed E-state index contributed by atoms with van der Waals surface area (Å²) in [5.41, 5.74) is 5.14. The van der Waals surface area contributed by atoms with Crippen LogP contribution in [0.3, 0.4) is 0 Å². The minimum Gasteiger partial charge on any atom is -0.312 e. The van der Waals surface area contributed by atoms with Crippen molar-refractivity contribution in [2.24, 2.45) is 5.92 Å². The van der Waals surface area contributed by atoms with Crippen LogP contribution in [0.4, 0.5) is 11.4 Å². The molecule has 0 spiro atoms. The van der Waals surface area contributed by atoms with Crippen molar-refractivity contribution in [3.05, 3.63) is 52.6 Å². The van der Waals surface area contributed by atoms with Gasteiger partial charge in [0, 0.05) is 24.3 Å². The van der Waals surface area contributed by atoms with Gasteiger partial charge in [-0.15, -0.1) is 0 Å². The number of hydrogen-bond donors (Lipinski definition) is 1. The van der Waals surface area contributed by atoms with E-state index in [0.29, 0.717) is 35.9 Å². The van der Waals surface area contributed by atoms with Gasteiger partial charge in [0.05, 0.1) is 4.90 Å². The quantitative estimate of drug-likeness (QED) is 0.811. The van der Waals surface area contributed by atoms with Crippen LogP contribution in [0.25, 0.3) is 0 Å². The van der Waals surface area contributed by atoms with E-state index in [1.54, 1.807) is 12.1 Å². The van der Waals surface area contributed by atoms with Crippen molar-refractivity contribution < 1.29 is 13.2 Å². The van der Waals surface area contributed by atoms with E-state index in [9.17, 15) is 13.2 Å². The number of rotatable bonds is 5. The van der Waals surface area contributed by atoms with Crippen molar-refractivity contribution in [2.75, 3.05) is 16.2 Å². The third-order valence-electron chi connectivity index (χ3n) is 5.16. The lowest BCUT2D eigenvalue weighted by atomic mass is 9.99. The van der Waals surface area contributed by atoms with Gasteiger partial charge in [0.1, 0.15) is 0 Å². The van der Waals surface area contributed by atoms with E-state index in [4.69, 9.17) is 0 Å². The SMILES string of the molecule is Cc1cc(C)c(S(=O)(=O)Nc2ccc3c(c2)CCC(=O)N3CC(C)C)cc1C. The summed E-state index contributed by atoms with van der Waals surface area (Å²) in [5, 5.41) is 0. The molecule has 0 saturated carbocycles. The molecule has 1 aliphatic heterocycles. The molecule has 0 aliphatic carbocycles. The van der Waals surface area contributed by atoms with E-state index in [1.165, 1.54) is 0 Å². The van der Waals surface area contributed by atoms with Crippen LogP contribution in [-0.2, 0) is 21.2 Å². The predicted octanol–water partition coefficient (Wildman–Crippen LogP) is 4.35. The molecule has 2 aromatic rings. The molecule has 0 saturated heterocycles. The van der Waals surface area contributed by atoms with Crippen LogP contribution < -0.4 is 9.62 Å². The number of carbonyl (C=O) groups excluding carboxylic acids is 1. The maximum Gasteiger partial charge on any atom is 0.262 e. The third-order valence-corrected chi connectivity index (χ3v) is 6.68. The molecule has 0 radical (unpaired) electrons. The van der Waals surface area contributed by atoms with Gasteiger partial charge >= 0.3 is 0 Å². The largest absolute Gasteiger partial charge is 0.312 e. The van der Waals surface area contributed by atoms with Crippen molar-refractivity contribution >= 4 is 27.3 Å². The number of sulfonamides is 1. The molecular formula is C22H28N2O3S. The smallest absolute Gasteiger partial charge is 0.262 e. The van der Waals surface area contributed by atoms with Crippen LogP contribution in [-0.4, -0.2) is 20.9 Å². The summed E-state index contributed by atoms with van der Waals surface area (Å²) < 4.78 is 28.6. The molecule has 1 N–H and O–H groups in total. The molecule has 28 heavy (non-hydrogen) atoms. The molecule has 1 aliphatic rings. The Hall–Kier alpha value is -2.34. The number of carbonyl (C=O) groups is 1. The van der Waals surface area contributed by atoms with Crippen LogP contribution in [0.15, 0.2) is 35.2 Å². The minimum atomic E-state index is -3.68. The van der Waals surface area contributed by atoms with Crippen molar-refractivity contribution in [3.63, 3.8) is 0 Å². The number of nitrogens with one attached hydrogen (secondary N) is 1. The van der Waals surface area contributed by atoms with E-state index in [-0.39, 0.29) is 5.91 Å². The number of amides is 1. The number of anilines is 2. The van der Waals surface area contributed by atoms with Gasteiger partial charge < -0.3 is 4.90 Å². The Labute approximate surface area is 167 Å². The van der Waals surface area contributed by atoms with Crippen LogP contribution in [0.2, 0.25) is 0 Å². The maximum atomic E-state index is 12.9. The van der Waals surface area contributed by atoms with Crippen LogP contribution in [0.1, 0.15) is 42.5 Å². The molecule has 1 amide bonds. The van der Waals surface area contributed by atoms with E-state index >= 15 is 0 Å². The normalized spacial score (nSPS) is 14.4. The van der Waals surface area contributed by atoms with E-state index in [1.807, 2.05) is 43.9 Å². The number of benzene rings is 2. The zero-order valence-corrected chi connectivity index (χ0v) is 18.0. The van der Waals surface area contributed by atoms with Gasteiger partial charge in [0.2, 0.25) is 5.91 Å². The number of aryl methyl sites for hydroxylation is 4. The Kier molecular flexibility index (Phi) is 5.53. The van der Waals surface area contributed by atoms with Crippen LogP contribution in [0.5, 0.6) is 0 Å². The molecule has 3 rings (SSSR count). The highest BCUT2D eigenvalue weighted by atomic mass is 32.2. The van der Waals surface area contributed by atoms with Gasteiger partial charge in [0.25, 0.3) is 10.0 Å². The molecule has 0 atom stereocenters. The highest BCUT2D eigenvalue weighted by Gasteiger charge is 2.25. The zero-order valence-electron chi connectivity index (χ0n) is 17.2. The molecule has 0 unspecified atom stereocenters. The first-order chi connectivity index (χ1) is 13.1. The second-order valence-corrected chi connectivity index (χ2v) is 9.70. The fourth-order valence-electron chi connectivity index (χ4n) is 3.62. The fourth-order valence-corrected chi connectivity index (χ4v) is 4.98. The fraction of sp³-hybridized carbons (Fsp3) is 0.409. The summed E-state index contributed by atoms with van der Waals surface area (Å²) >= 11 is 0. The van der Waals surface area contributed by atoms with Crippen molar-refractivity contribution in [1.82, 2.24) is 0 Å². The summed E-state index contributed by atoms with van der Waals surface area (Å²) in [7, 11) is -3.68. The summed E-state index contributed by atoms with van der Waals surface area (Å²) in [6.07, 6.45) is 1.08. The third kappa shape index (κ3) is 4.07. The summed E-state index contributed by atoms with van der Waals surface area (Å²) in [4.78, 5) is 14.4. The molecule has 1 heterocycles.